The number of rotatable bonds is 5. The Hall–Kier alpha value is -3.00. The lowest BCUT2D eigenvalue weighted by Gasteiger charge is -2.26. The Morgan fingerprint density at radius 2 is 2.14 bits per heavy atom. The van der Waals surface area contributed by atoms with Crippen LogP contribution in [0.4, 0.5) is 14.6 Å². The molecule has 0 unspecified atom stereocenters. The number of allylic oxidation sites excluding steroid dienone is 1. The Balaban J connectivity index is 1.78. The number of aromatic nitrogens is 1. The number of likely N-dealkylation sites (tertiary alicyclic amines) is 1. The summed E-state index contributed by atoms with van der Waals surface area (Å²) in [5, 5.41) is 13.9. The maximum atomic E-state index is 13.6. The molecule has 1 aromatic carbocycles. The first kappa shape index (κ1) is 19.8. The van der Waals surface area contributed by atoms with Crippen molar-refractivity contribution >= 4 is 11.7 Å². The molecule has 0 spiro atoms. The van der Waals surface area contributed by atoms with E-state index in [2.05, 4.69) is 16.9 Å². The second-order valence-electron chi connectivity index (χ2n) is 7.05. The Labute approximate surface area is 161 Å². The number of anilines is 1. The number of nitrogens with two attached hydrogens (primary N) is 1. The van der Waals surface area contributed by atoms with Crippen molar-refractivity contribution in [2.24, 2.45) is 0 Å². The molecule has 1 aliphatic rings. The van der Waals surface area contributed by atoms with Crippen LogP contribution in [0.5, 0.6) is 0 Å². The minimum atomic E-state index is -1.50. The Morgan fingerprint density at radius 1 is 1.39 bits per heavy atom. The number of pyridine rings is 1. The number of nitrogen functional groups attached to an aromatic ring is 1. The van der Waals surface area contributed by atoms with E-state index < -0.39 is 23.3 Å². The molecule has 0 radical (unpaired) electrons. The number of nitrogens with zero attached hydrogens (tertiary/aromatic N) is 2. The van der Waals surface area contributed by atoms with Crippen LogP contribution >= 0.6 is 0 Å². The fourth-order valence-electron chi connectivity index (χ4n) is 3.43. The smallest absolute Gasteiger partial charge is 0.243 e. The number of benzene rings is 1. The van der Waals surface area contributed by atoms with Crippen molar-refractivity contribution in [3.63, 3.8) is 0 Å². The quantitative estimate of drug-likeness (QED) is 0.729. The van der Waals surface area contributed by atoms with Crippen LogP contribution in [0.3, 0.4) is 0 Å². The molecule has 0 aliphatic carbocycles. The highest BCUT2D eigenvalue weighted by molar-refractivity contribution is 5.82. The minimum absolute atomic E-state index is 0.0231. The lowest BCUT2D eigenvalue weighted by atomic mass is 9.91. The summed E-state index contributed by atoms with van der Waals surface area (Å²) in [7, 11) is 0. The molecule has 8 heteroatoms. The molecule has 1 fully saturated rings. The standard InChI is InChI=1S/C20H22F2N4O2/c1-12(2)26-11-20(28,14-3-4-15(21)16(22)8-14)9-17(26)19(27)25-10-13-5-6-24-18(23)7-13/h3-8,17,28H,1,9-11H2,2H3,(H2,23,24)(H,25,27)/t17-,20-/m0/s1. The summed E-state index contributed by atoms with van der Waals surface area (Å²) in [6.07, 6.45) is 1.57. The summed E-state index contributed by atoms with van der Waals surface area (Å²) in [5.74, 6) is -2.00. The second-order valence-corrected chi connectivity index (χ2v) is 7.05. The molecular weight excluding hydrogens is 366 g/mol. The van der Waals surface area contributed by atoms with Crippen LogP contribution in [0, 0.1) is 11.6 Å². The average molecular weight is 388 g/mol. The van der Waals surface area contributed by atoms with Gasteiger partial charge < -0.3 is 21.1 Å². The van der Waals surface area contributed by atoms with E-state index in [4.69, 9.17) is 5.73 Å². The maximum Gasteiger partial charge on any atom is 0.243 e. The third kappa shape index (κ3) is 3.96. The number of hydrogen-bond acceptors (Lipinski definition) is 5. The number of nitrogens with one attached hydrogen (secondary N) is 1. The molecule has 28 heavy (non-hydrogen) atoms. The first-order chi connectivity index (χ1) is 13.2. The fourth-order valence-corrected chi connectivity index (χ4v) is 3.43. The molecule has 1 aliphatic heterocycles. The Kier molecular flexibility index (Phi) is 5.33. The molecule has 0 bridgehead atoms. The Bertz CT molecular complexity index is 921. The van der Waals surface area contributed by atoms with Gasteiger partial charge in [0.2, 0.25) is 5.91 Å². The molecule has 3 rings (SSSR count). The third-order valence-corrected chi connectivity index (χ3v) is 4.90. The van der Waals surface area contributed by atoms with Crippen molar-refractivity contribution in [2.45, 2.75) is 31.5 Å². The van der Waals surface area contributed by atoms with E-state index in [1.165, 1.54) is 6.07 Å². The highest BCUT2D eigenvalue weighted by atomic mass is 19.2. The average Bonchev–Trinajstić information content (AvgIpc) is 3.01. The van der Waals surface area contributed by atoms with Gasteiger partial charge in [-0.25, -0.2) is 13.8 Å². The van der Waals surface area contributed by atoms with Crippen molar-refractivity contribution in [3.8, 4) is 0 Å². The van der Waals surface area contributed by atoms with E-state index in [0.717, 1.165) is 17.7 Å². The van der Waals surface area contributed by atoms with Crippen LogP contribution in [0.15, 0.2) is 48.8 Å². The number of hydrogen-bond donors (Lipinski definition) is 3. The van der Waals surface area contributed by atoms with Crippen molar-refractivity contribution in [1.29, 1.82) is 0 Å². The van der Waals surface area contributed by atoms with Gasteiger partial charge in [0.05, 0.1) is 6.54 Å². The van der Waals surface area contributed by atoms with Crippen LogP contribution in [-0.2, 0) is 16.9 Å². The maximum absolute atomic E-state index is 13.6. The van der Waals surface area contributed by atoms with Gasteiger partial charge >= 0.3 is 0 Å². The molecule has 2 atom stereocenters. The van der Waals surface area contributed by atoms with Gasteiger partial charge in [-0.15, -0.1) is 0 Å². The molecule has 148 valence electrons. The fraction of sp³-hybridized carbons (Fsp3) is 0.300. The minimum Gasteiger partial charge on any atom is -0.384 e. The zero-order valence-corrected chi connectivity index (χ0v) is 15.5. The van der Waals surface area contributed by atoms with E-state index in [9.17, 15) is 18.7 Å². The first-order valence-corrected chi connectivity index (χ1v) is 8.78. The van der Waals surface area contributed by atoms with E-state index in [1.807, 2.05) is 0 Å². The molecule has 2 aromatic rings. The van der Waals surface area contributed by atoms with Gasteiger partial charge in [-0.05, 0) is 42.3 Å². The molecule has 1 saturated heterocycles. The van der Waals surface area contributed by atoms with Crippen molar-refractivity contribution in [1.82, 2.24) is 15.2 Å². The lowest BCUT2D eigenvalue weighted by Crippen LogP contribution is -2.41. The largest absolute Gasteiger partial charge is 0.384 e. The van der Waals surface area contributed by atoms with Crippen molar-refractivity contribution in [3.05, 3.63) is 71.6 Å². The number of amides is 1. The molecule has 4 N–H and O–H groups in total. The molecule has 0 saturated carbocycles. The summed E-state index contributed by atoms with van der Waals surface area (Å²) >= 11 is 0. The number of carbonyl (C=O) groups excluding carboxylic acids is 1. The van der Waals surface area contributed by atoms with E-state index in [1.54, 1.807) is 30.2 Å². The zero-order valence-electron chi connectivity index (χ0n) is 15.5. The summed E-state index contributed by atoms with van der Waals surface area (Å²) in [4.78, 5) is 18.3. The number of halogens is 2. The van der Waals surface area contributed by atoms with Crippen LogP contribution in [0.1, 0.15) is 24.5 Å². The third-order valence-electron chi connectivity index (χ3n) is 4.90. The number of β-amino-alcohol motifs (C(OH)–C–C–N with tert-alkyl or cyclic N) is 1. The number of aliphatic hydroxyl groups is 1. The van der Waals surface area contributed by atoms with Gasteiger partial charge in [0.25, 0.3) is 0 Å². The summed E-state index contributed by atoms with van der Waals surface area (Å²) in [6, 6.07) is 5.95. The highest BCUT2D eigenvalue weighted by Gasteiger charge is 2.46. The van der Waals surface area contributed by atoms with Gasteiger partial charge in [0, 0.05) is 24.9 Å². The van der Waals surface area contributed by atoms with Crippen LogP contribution in [0.25, 0.3) is 0 Å². The molecular formula is C20H22F2N4O2. The van der Waals surface area contributed by atoms with Crippen molar-refractivity contribution in [2.75, 3.05) is 12.3 Å². The van der Waals surface area contributed by atoms with Gasteiger partial charge in [0.1, 0.15) is 17.5 Å². The molecule has 2 heterocycles. The molecule has 1 amide bonds. The normalized spacial score (nSPS) is 21.6. The van der Waals surface area contributed by atoms with Crippen LogP contribution in [0.2, 0.25) is 0 Å². The SMILES string of the molecule is C=C(C)N1C[C@](O)(c2ccc(F)c(F)c2)C[C@H]1C(=O)NCc1ccnc(N)c1. The van der Waals surface area contributed by atoms with Crippen LogP contribution < -0.4 is 11.1 Å². The zero-order chi connectivity index (χ0) is 20.5. The highest BCUT2D eigenvalue weighted by Crippen LogP contribution is 2.38. The molecule has 6 nitrogen and oxygen atoms in total. The monoisotopic (exact) mass is 388 g/mol. The second kappa shape index (κ2) is 7.55. The summed E-state index contributed by atoms with van der Waals surface area (Å²) in [6.45, 7) is 5.88. The van der Waals surface area contributed by atoms with E-state index in [-0.39, 0.29) is 31.0 Å². The predicted molar refractivity (Wildman–Crippen MR) is 101 cm³/mol. The van der Waals surface area contributed by atoms with Gasteiger partial charge in [0.15, 0.2) is 11.6 Å². The van der Waals surface area contributed by atoms with Gasteiger partial charge in [-0.1, -0.05) is 12.6 Å². The molecule has 1 aromatic heterocycles. The predicted octanol–water partition coefficient (Wildman–Crippen LogP) is 2.05. The lowest BCUT2D eigenvalue weighted by molar-refractivity contribution is -0.125. The van der Waals surface area contributed by atoms with Gasteiger partial charge in [-0.3, -0.25) is 4.79 Å². The Morgan fingerprint density at radius 3 is 2.79 bits per heavy atom. The number of carbonyl (C=O) groups is 1. The van der Waals surface area contributed by atoms with E-state index in [0.29, 0.717) is 11.5 Å². The topological polar surface area (TPSA) is 91.5 Å². The first-order valence-electron chi connectivity index (χ1n) is 8.78. The van der Waals surface area contributed by atoms with E-state index >= 15 is 0 Å². The summed E-state index contributed by atoms with van der Waals surface area (Å²) < 4.78 is 26.9. The van der Waals surface area contributed by atoms with Crippen molar-refractivity contribution < 1.29 is 18.7 Å². The van der Waals surface area contributed by atoms with Gasteiger partial charge in [-0.2, -0.15) is 0 Å². The summed E-state index contributed by atoms with van der Waals surface area (Å²) in [5.41, 5.74) is 5.73. The van der Waals surface area contributed by atoms with Crippen LogP contribution in [-0.4, -0.2) is 33.5 Å².